The number of methoxy groups -OCH3 is 1. The van der Waals surface area contributed by atoms with Crippen LogP contribution in [0.5, 0.6) is 5.75 Å². The number of ether oxygens (including phenoxy) is 1. The molecule has 1 amide bonds. The molecular weight excluding hydrogens is 354 g/mol. The Balaban J connectivity index is 2.28. The maximum absolute atomic E-state index is 12.8. The van der Waals surface area contributed by atoms with Crippen LogP contribution >= 0.6 is 0 Å². The largest absolute Gasteiger partial charge is 0.494 e. The van der Waals surface area contributed by atoms with Gasteiger partial charge < -0.3 is 10.1 Å². The van der Waals surface area contributed by atoms with Gasteiger partial charge in [0.25, 0.3) is 15.9 Å². The zero-order valence-corrected chi connectivity index (χ0v) is 15.8. The van der Waals surface area contributed by atoms with E-state index in [4.69, 9.17) is 4.74 Å². The van der Waals surface area contributed by atoms with Crippen LogP contribution in [0.2, 0.25) is 0 Å². The average molecular weight is 377 g/mol. The highest BCUT2D eigenvalue weighted by Crippen LogP contribution is 2.26. The summed E-state index contributed by atoms with van der Waals surface area (Å²) in [6, 6.07) is 7.62. The van der Waals surface area contributed by atoms with E-state index in [1.54, 1.807) is 18.2 Å². The van der Waals surface area contributed by atoms with Crippen LogP contribution in [0.4, 0.5) is 5.69 Å². The van der Waals surface area contributed by atoms with Crippen molar-refractivity contribution in [1.29, 1.82) is 0 Å². The van der Waals surface area contributed by atoms with Gasteiger partial charge >= 0.3 is 0 Å². The molecule has 1 aromatic heterocycles. The van der Waals surface area contributed by atoms with Crippen molar-refractivity contribution in [3.63, 3.8) is 0 Å². The SMILES string of the molecule is COc1ccncc1NS(=O)(=O)c1ccccc1C(=O)NCCC(C)C. The van der Waals surface area contributed by atoms with Gasteiger partial charge in [-0.15, -0.1) is 0 Å². The Hall–Kier alpha value is -2.61. The number of anilines is 1. The van der Waals surface area contributed by atoms with Gasteiger partial charge in [-0.1, -0.05) is 26.0 Å². The maximum Gasteiger partial charge on any atom is 0.262 e. The van der Waals surface area contributed by atoms with Gasteiger partial charge in [0, 0.05) is 18.8 Å². The summed E-state index contributed by atoms with van der Waals surface area (Å²) in [6.45, 7) is 4.58. The topological polar surface area (TPSA) is 97.4 Å². The molecule has 0 atom stereocenters. The summed E-state index contributed by atoms with van der Waals surface area (Å²) in [5, 5.41) is 2.76. The minimum absolute atomic E-state index is 0.0895. The number of rotatable bonds is 8. The Morgan fingerprint density at radius 1 is 1.23 bits per heavy atom. The molecule has 0 radical (unpaired) electrons. The fourth-order valence-electron chi connectivity index (χ4n) is 2.29. The van der Waals surface area contributed by atoms with Crippen LogP contribution in [0, 0.1) is 5.92 Å². The minimum atomic E-state index is -3.99. The highest BCUT2D eigenvalue weighted by molar-refractivity contribution is 7.92. The van der Waals surface area contributed by atoms with Crippen LogP contribution in [-0.4, -0.2) is 33.0 Å². The van der Waals surface area contributed by atoms with Crippen LogP contribution in [0.25, 0.3) is 0 Å². The first-order valence-corrected chi connectivity index (χ1v) is 9.71. The van der Waals surface area contributed by atoms with Gasteiger partial charge in [0.1, 0.15) is 16.3 Å². The summed E-state index contributed by atoms with van der Waals surface area (Å²) in [5.74, 6) is 0.348. The molecule has 0 spiro atoms. The highest BCUT2D eigenvalue weighted by Gasteiger charge is 2.23. The van der Waals surface area contributed by atoms with E-state index in [2.05, 4.69) is 28.9 Å². The van der Waals surface area contributed by atoms with E-state index in [1.165, 1.54) is 31.6 Å². The third kappa shape index (κ3) is 4.95. The zero-order chi connectivity index (χ0) is 19.2. The number of nitrogens with one attached hydrogen (secondary N) is 2. The molecule has 2 aromatic rings. The predicted molar refractivity (Wildman–Crippen MR) is 99.8 cm³/mol. The molecule has 0 aliphatic rings. The lowest BCUT2D eigenvalue weighted by molar-refractivity contribution is 0.0948. The number of hydrogen-bond donors (Lipinski definition) is 2. The first-order chi connectivity index (χ1) is 12.3. The van der Waals surface area contributed by atoms with E-state index < -0.39 is 15.9 Å². The number of hydrogen-bond acceptors (Lipinski definition) is 5. The fourth-order valence-corrected chi connectivity index (χ4v) is 3.55. The Kier molecular flexibility index (Phi) is 6.57. The normalized spacial score (nSPS) is 11.2. The number of pyridine rings is 1. The Morgan fingerprint density at radius 2 is 1.96 bits per heavy atom. The van der Waals surface area contributed by atoms with Gasteiger partial charge in [-0.05, 0) is 24.5 Å². The van der Waals surface area contributed by atoms with E-state index in [9.17, 15) is 13.2 Å². The lowest BCUT2D eigenvalue weighted by Gasteiger charge is -2.14. The van der Waals surface area contributed by atoms with E-state index in [-0.39, 0.29) is 16.1 Å². The second kappa shape index (κ2) is 8.66. The minimum Gasteiger partial charge on any atom is -0.494 e. The van der Waals surface area contributed by atoms with Gasteiger partial charge in [-0.25, -0.2) is 8.42 Å². The lowest BCUT2D eigenvalue weighted by Crippen LogP contribution is -2.28. The molecule has 0 saturated heterocycles. The molecule has 8 heteroatoms. The van der Waals surface area contributed by atoms with E-state index in [0.717, 1.165) is 6.42 Å². The monoisotopic (exact) mass is 377 g/mol. The summed E-state index contributed by atoms with van der Waals surface area (Å²) in [4.78, 5) is 16.2. The molecule has 0 aliphatic carbocycles. The van der Waals surface area contributed by atoms with E-state index in [1.807, 2.05) is 0 Å². The molecule has 0 fully saturated rings. The number of sulfonamides is 1. The van der Waals surface area contributed by atoms with Crippen molar-refractivity contribution in [3.8, 4) is 5.75 Å². The second-order valence-corrected chi connectivity index (χ2v) is 7.77. The van der Waals surface area contributed by atoms with Crippen molar-refractivity contribution < 1.29 is 17.9 Å². The molecule has 140 valence electrons. The fraction of sp³-hybridized carbons (Fsp3) is 0.333. The quantitative estimate of drug-likeness (QED) is 0.737. The first-order valence-electron chi connectivity index (χ1n) is 8.23. The first kappa shape index (κ1) is 19.7. The molecule has 0 unspecified atom stereocenters. The number of amides is 1. The van der Waals surface area contributed by atoms with Crippen LogP contribution < -0.4 is 14.8 Å². The molecule has 2 N–H and O–H groups in total. The number of nitrogens with zero attached hydrogens (tertiary/aromatic N) is 1. The maximum atomic E-state index is 12.8. The van der Waals surface area contributed by atoms with Gasteiger partial charge in [0.2, 0.25) is 0 Å². The third-order valence-electron chi connectivity index (χ3n) is 3.67. The smallest absolute Gasteiger partial charge is 0.262 e. The summed E-state index contributed by atoms with van der Waals surface area (Å²) in [7, 11) is -2.56. The Morgan fingerprint density at radius 3 is 2.65 bits per heavy atom. The molecule has 2 rings (SSSR count). The second-order valence-electron chi connectivity index (χ2n) is 6.12. The van der Waals surface area contributed by atoms with Crippen molar-refractivity contribution in [1.82, 2.24) is 10.3 Å². The molecule has 1 heterocycles. The predicted octanol–water partition coefficient (Wildman–Crippen LogP) is 2.67. The van der Waals surface area contributed by atoms with Crippen LogP contribution in [0.3, 0.4) is 0 Å². The van der Waals surface area contributed by atoms with E-state index in [0.29, 0.717) is 18.2 Å². The van der Waals surface area contributed by atoms with Gasteiger partial charge in [-0.3, -0.25) is 14.5 Å². The molecule has 7 nitrogen and oxygen atoms in total. The number of aromatic nitrogens is 1. The molecule has 0 aliphatic heterocycles. The van der Waals surface area contributed by atoms with Crippen molar-refractivity contribution >= 4 is 21.6 Å². The summed E-state index contributed by atoms with van der Waals surface area (Å²) >= 11 is 0. The number of carbonyl (C=O) groups is 1. The molecule has 0 bridgehead atoms. The van der Waals surface area contributed by atoms with E-state index >= 15 is 0 Å². The Bertz CT molecular complexity index is 866. The van der Waals surface area contributed by atoms with Crippen molar-refractivity contribution in [2.24, 2.45) is 5.92 Å². The number of benzene rings is 1. The highest BCUT2D eigenvalue weighted by atomic mass is 32.2. The average Bonchev–Trinajstić information content (AvgIpc) is 2.61. The molecule has 0 saturated carbocycles. The van der Waals surface area contributed by atoms with Crippen molar-refractivity contribution in [3.05, 3.63) is 48.3 Å². The third-order valence-corrected chi connectivity index (χ3v) is 5.10. The molecule has 1 aromatic carbocycles. The Labute approximate surface area is 153 Å². The standard InChI is InChI=1S/C18H23N3O4S/c1-13(2)8-11-20-18(22)14-6-4-5-7-17(14)26(23,24)21-15-12-19-10-9-16(15)25-3/h4-7,9-10,12-13,21H,8,11H2,1-3H3,(H,20,22). The summed E-state index contributed by atoms with van der Waals surface area (Å²) in [5.41, 5.74) is 0.289. The lowest BCUT2D eigenvalue weighted by atomic mass is 10.1. The van der Waals surface area contributed by atoms with Gasteiger partial charge in [-0.2, -0.15) is 0 Å². The van der Waals surface area contributed by atoms with Crippen LogP contribution in [-0.2, 0) is 10.0 Å². The van der Waals surface area contributed by atoms with Gasteiger partial charge in [0.15, 0.2) is 0 Å². The number of carbonyl (C=O) groups excluding carboxylic acids is 1. The van der Waals surface area contributed by atoms with Crippen molar-refractivity contribution in [2.45, 2.75) is 25.2 Å². The molecule has 26 heavy (non-hydrogen) atoms. The summed E-state index contributed by atoms with van der Waals surface area (Å²) in [6.07, 6.45) is 3.65. The van der Waals surface area contributed by atoms with Crippen molar-refractivity contribution in [2.75, 3.05) is 18.4 Å². The summed E-state index contributed by atoms with van der Waals surface area (Å²) < 4.78 is 33.2. The van der Waals surface area contributed by atoms with Crippen LogP contribution in [0.1, 0.15) is 30.6 Å². The molecular formula is C18H23N3O4S. The van der Waals surface area contributed by atoms with Gasteiger partial charge in [0.05, 0.1) is 18.9 Å². The van der Waals surface area contributed by atoms with Crippen LogP contribution in [0.15, 0.2) is 47.6 Å². The zero-order valence-electron chi connectivity index (χ0n) is 15.0.